The summed E-state index contributed by atoms with van der Waals surface area (Å²) in [6.45, 7) is 0. The van der Waals surface area contributed by atoms with E-state index in [2.05, 4.69) is 0 Å². The molecular formula is C16H16B2N2O4+2. The Labute approximate surface area is 139 Å². The zero-order valence-electron chi connectivity index (χ0n) is 12.8. The Hall–Kier alpha value is -2.51. The second kappa shape index (κ2) is 6.94. The van der Waals surface area contributed by atoms with Crippen LogP contribution in [-0.2, 0) is 0 Å². The van der Waals surface area contributed by atoms with Crippen molar-refractivity contribution in [3.05, 3.63) is 73.3 Å². The highest BCUT2D eigenvalue weighted by atomic mass is 16.4. The quantitative estimate of drug-likeness (QED) is 0.319. The van der Waals surface area contributed by atoms with Crippen molar-refractivity contribution in [1.29, 1.82) is 0 Å². The van der Waals surface area contributed by atoms with Gasteiger partial charge in [-0.1, -0.05) is 12.1 Å². The predicted octanol–water partition coefficient (Wildman–Crippen LogP) is -2.40. The summed E-state index contributed by atoms with van der Waals surface area (Å²) in [5, 5.41) is 37.2. The molecule has 1 aromatic carbocycles. The van der Waals surface area contributed by atoms with Gasteiger partial charge in [-0.05, 0) is 6.07 Å². The van der Waals surface area contributed by atoms with E-state index >= 15 is 0 Å². The number of hydrogen-bond donors (Lipinski definition) is 4. The van der Waals surface area contributed by atoms with Gasteiger partial charge in [0.25, 0.3) is 0 Å². The lowest BCUT2D eigenvalue weighted by molar-refractivity contribution is -0.603. The summed E-state index contributed by atoms with van der Waals surface area (Å²) in [7, 11) is -3.06. The van der Waals surface area contributed by atoms with Crippen molar-refractivity contribution in [2.75, 3.05) is 0 Å². The number of pyridine rings is 2. The highest BCUT2D eigenvalue weighted by molar-refractivity contribution is 6.58. The van der Waals surface area contributed by atoms with Crippen LogP contribution in [-0.4, -0.2) is 34.3 Å². The lowest BCUT2D eigenvalue weighted by Gasteiger charge is -2.01. The lowest BCUT2D eigenvalue weighted by atomic mass is 9.82. The van der Waals surface area contributed by atoms with E-state index in [0.717, 1.165) is 11.4 Å². The first-order valence-electron chi connectivity index (χ1n) is 7.40. The third-order valence-corrected chi connectivity index (χ3v) is 3.67. The van der Waals surface area contributed by atoms with Gasteiger partial charge in [0, 0.05) is 35.2 Å². The molecule has 24 heavy (non-hydrogen) atoms. The first-order chi connectivity index (χ1) is 11.5. The Bertz CT molecular complexity index is 792. The van der Waals surface area contributed by atoms with Gasteiger partial charge in [-0.2, -0.15) is 9.13 Å². The van der Waals surface area contributed by atoms with Gasteiger partial charge >= 0.3 is 14.2 Å². The number of hydrogen-bond acceptors (Lipinski definition) is 4. The van der Waals surface area contributed by atoms with Crippen molar-refractivity contribution in [2.45, 2.75) is 0 Å². The Balaban J connectivity index is 2.01. The molecule has 118 valence electrons. The Morgan fingerprint density at radius 1 is 0.625 bits per heavy atom. The minimum Gasteiger partial charge on any atom is -0.423 e. The van der Waals surface area contributed by atoms with E-state index in [1.54, 1.807) is 45.8 Å². The molecule has 0 aliphatic carbocycles. The van der Waals surface area contributed by atoms with Crippen LogP contribution in [0.1, 0.15) is 0 Å². The van der Waals surface area contributed by atoms with E-state index in [4.69, 9.17) is 0 Å². The number of aromatic nitrogens is 2. The molecule has 0 aliphatic heterocycles. The molecule has 0 spiro atoms. The van der Waals surface area contributed by atoms with Crippen molar-refractivity contribution in [1.82, 2.24) is 0 Å². The van der Waals surface area contributed by atoms with Gasteiger partial charge in [0.2, 0.25) is 11.4 Å². The molecule has 0 unspecified atom stereocenters. The SMILES string of the molecule is OB(O)c1ccc[n+](-c2cccc(-[n+]3cccc(B(O)O)c3)c2)c1. The largest absolute Gasteiger partial charge is 0.494 e. The molecule has 0 radical (unpaired) electrons. The van der Waals surface area contributed by atoms with Crippen LogP contribution in [0.25, 0.3) is 11.4 Å². The smallest absolute Gasteiger partial charge is 0.423 e. The molecule has 0 atom stereocenters. The van der Waals surface area contributed by atoms with Crippen LogP contribution in [0.2, 0.25) is 0 Å². The van der Waals surface area contributed by atoms with Gasteiger partial charge in [-0.15, -0.1) is 0 Å². The van der Waals surface area contributed by atoms with Crippen LogP contribution in [0.15, 0.2) is 73.3 Å². The van der Waals surface area contributed by atoms with Crippen molar-refractivity contribution in [3.8, 4) is 11.4 Å². The summed E-state index contributed by atoms with van der Waals surface area (Å²) < 4.78 is 3.56. The third-order valence-electron chi connectivity index (χ3n) is 3.67. The average Bonchev–Trinajstić information content (AvgIpc) is 2.62. The van der Waals surface area contributed by atoms with E-state index < -0.39 is 14.2 Å². The second-order valence-corrected chi connectivity index (χ2v) is 5.36. The molecule has 0 amide bonds. The standard InChI is InChI=1S/C16H16B2N2O4/c21-17(22)13-4-2-8-19(11-13)15-6-1-7-16(10-15)20-9-3-5-14(12-20)18(23)24/h1-12,21-24H/q+2. The molecule has 3 aromatic rings. The molecule has 0 fully saturated rings. The molecule has 2 heterocycles. The Morgan fingerprint density at radius 3 is 1.50 bits per heavy atom. The molecular weight excluding hydrogens is 306 g/mol. The summed E-state index contributed by atoms with van der Waals surface area (Å²) in [6, 6.07) is 14.3. The van der Waals surface area contributed by atoms with E-state index in [0.29, 0.717) is 10.9 Å². The lowest BCUT2D eigenvalue weighted by Crippen LogP contribution is -2.42. The van der Waals surface area contributed by atoms with Gasteiger partial charge in [0.05, 0.1) is 6.07 Å². The van der Waals surface area contributed by atoms with Gasteiger partial charge in [-0.25, -0.2) is 0 Å². The summed E-state index contributed by atoms with van der Waals surface area (Å²) >= 11 is 0. The Kier molecular flexibility index (Phi) is 4.73. The van der Waals surface area contributed by atoms with Crippen LogP contribution >= 0.6 is 0 Å². The van der Waals surface area contributed by atoms with Crippen molar-refractivity contribution in [2.24, 2.45) is 0 Å². The van der Waals surface area contributed by atoms with Crippen molar-refractivity contribution >= 4 is 25.2 Å². The first-order valence-corrected chi connectivity index (χ1v) is 7.40. The fourth-order valence-electron chi connectivity index (χ4n) is 2.43. The fourth-order valence-corrected chi connectivity index (χ4v) is 2.43. The van der Waals surface area contributed by atoms with Crippen LogP contribution in [0.3, 0.4) is 0 Å². The second-order valence-electron chi connectivity index (χ2n) is 5.36. The monoisotopic (exact) mass is 322 g/mol. The summed E-state index contributed by atoms with van der Waals surface area (Å²) in [4.78, 5) is 0. The third kappa shape index (κ3) is 3.52. The maximum absolute atomic E-state index is 9.30. The molecule has 4 N–H and O–H groups in total. The first kappa shape index (κ1) is 16.4. The molecule has 0 bridgehead atoms. The van der Waals surface area contributed by atoms with Crippen molar-refractivity contribution in [3.63, 3.8) is 0 Å². The van der Waals surface area contributed by atoms with Crippen LogP contribution in [0.5, 0.6) is 0 Å². The maximum Gasteiger partial charge on any atom is 0.494 e. The molecule has 3 rings (SSSR count). The minimum absolute atomic E-state index is 0.390. The zero-order valence-corrected chi connectivity index (χ0v) is 12.8. The van der Waals surface area contributed by atoms with Gasteiger partial charge < -0.3 is 20.1 Å². The summed E-state index contributed by atoms with van der Waals surface area (Å²) in [6.07, 6.45) is 6.90. The number of benzene rings is 1. The molecule has 6 nitrogen and oxygen atoms in total. The van der Waals surface area contributed by atoms with E-state index in [1.165, 1.54) is 0 Å². The van der Waals surface area contributed by atoms with E-state index in [9.17, 15) is 20.1 Å². The van der Waals surface area contributed by atoms with Crippen molar-refractivity contribution < 1.29 is 29.2 Å². The number of rotatable bonds is 4. The maximum atomic E-state index is 9.30. The van der Waals surface area contributed by atoms with Crippen LogP contribution < -0.4 is 20.1 Å². The number of nitrogens with zero attached hydrogens (tertiary/aromatic N) is 2. The molecule has 0 saturated heterocycles. The Morgan fingerprint density at radius 2 is 1.08 bits per heavy atom. The minimum atomic E-state index is -1.53. The highest BCUT2D eigenvalue weighted by Crippen LogP contribution is 2.04. The molecule has 0 aliphatic rings. The molecule has 8 heteroatoms. The summed E-state index contributed by atoms with van der Waals surface area (Å²) in [5.74, 6) is 0. The average molecular weight is 322 g/mol. The topological polar surface area (TPSA) is 88.7 Å². The van der Waals surface area contributed by atoms with E-state index in [1.807, 2.05) is 36.7 Å². The van der Waals surface area contributed by atoms with Crippen LogP contribution in [0.4, 0.5) is 0 Å². The fraction of sp³-hybridized carbons (Fsp3) is 0. The van der Waals surface area contributed by atoms with Gasteiger partial charge in [-0.3, -0.25) is 0 Å². The van der Waals surface area contributed by atoms with Gasteiger partial charge in [0.1, 0.15) is 0 Å². The zero-order chi connectivity index (χ0) is 17.1. The summed E-state index contributed by atoms with van der Waals surface area (Å²) in [5.41, 5.74) is 2.44. The normalized spacial score (nSPS) is 10.5. The van der Waals surface area contributed by atoms with E-state index in [-0.39, 0.29) is 0 Å². The predicted molar refractivity (Wildman–Crippen MR) is 89.2 cm³/mol. The van der Waals surface area contributed by atoms with Crippen LogP contribution in [0, 0.1) is 0 Å². The highest BCUT2D eigenvalue weighted by Gasteiger charge is 2.19. The molecule has 2 aromatic heterocycles. The molecule has 0 saturated carbocycles. The van der Waals surface area contributed by atoms with Gasteiger partial charge in [0.15, 0.2) is 24.8 Å².